The lowest BCUT2D eigenvalue weighted by Gasteiger charge is -2.15. The second kappa shape index (κ2) is 7.85. The summed E-state index contributed by atoms with van der Waals surface area (Å²) in [5, 5.41) is 20.1. The average molecular weight is 409 g/mol. The molecule has 1 heterocycles. The summed E-state index contributed by atoms with van der Waals surface area (Å²) in [5.74, 6) is 1.40. The normalized spacial score (nSPS) is 10.9. The van der Waals surface area contributed by atoms with E-state index in [1.807, 2.05) is 0 Å². The second-order valence-corrected chi connectivity index (χ2v) is 6.71. The van der Waals surface area contributed by atoms with Crippen LogP contribution in [0.1, 0.15) is 0 Å². The van der Waals surface area contributed by atoms with Gasteiger partial charge in [-0.05, 0) is 60.7 Å². The van der Waals surface area contributed by atoms with Crippen LogP contribution in [0.5, 0.6) is 17.2 Å². The number of halogens is 1. The van der Waals surface area contributed by atoms with E-state index in [-0.39, 0.29) is 22.6 Å². The summed E-state index contributed by atoms with van der Waals surface area (Å²) in [4.78, 5) is 17.9. The zero-order valence-electron chi connectivity index (χ0n) is 15.2. The highest BCUT2D eigenvalue weighted by molar-refractivity contribution is 6.18. The van der Waals surface area contributed by atoms with Crippen molar-refractivity contribution in [3.8, 4) is 34.3 Å². The molecule has 3 aromatic carbocycles. The maximum Gasteiger partial charge on any atom is 0.266 e. The van der Waals surface area contributed by atoms with Crippen molar-refractivity contribution in [2.24, 2.45) is 0 Å². The van der Waals surface area contributed by atoms with Crippen LogP contribution in [0.2, 0.25) is 0 Å². The second-order valence-electron chi connectivity index (χ2n) is 6.33. The van der Waals surface area contributed by atoms with Gasteiger partial charge in [-0.3, -0.25) is 9.36 Å². The summed E-state index contributed by atoms with van der Waals surface area (Å²) in [6.07, 6.45) is 0. The maximum absolute atomic E-state index is 13.3. The zero-order chi connectivity index (χ0) is 20.4. The van der Waals surface area contributed by atoms with Gasteiger partial charge in [0.2, 0.25) is 0 Å². The number of phenolic OH excluding ortho intramolecular Hbond substituents is 2. The number of hydrogen-bond acceptors (Lipinski definition) is 5. The summed E-state index contributed by atoms with van der Waals surface area (Å²) >= 11 is 5.65. The van der Waals surface area contributed by atoms with Crippen molar-refractivity contribution >= 4 is 22.5 Å². The van der Waals surface area contributed by atoms with Gasteiger partial charge in [0.1, 0.15) is 35.2 Å². The molecule has 0 atom stereocenters. The third-order valence-corrected chi connectivity index (χ3v) is 4.60. The Balaban J connectivity index is 1.96. The molecule has 7 heteroatoms. The largest absolute Gasteiger partial charge is 0.508 e. The van der Waals surface area contributed by atoms with Crippen LogP contribution in [0.25, 0.3) is 28.0 Å². The standard InChI is InChI=1S/C22H17ClN2O4/c23-12-13-29-17-10-6-15(7-11-17)25-21(14-4-8-16(26)9-5-14)24-20-18(22(25)28)2-1-3-19(20)27/h1-11,26-27H,12-13H2. The maximum atomic E-state index is 13.3. The minimum absolute atomic E-state index is 0.0726. The summed E-state index contributed by atoms with van der Waals surface area (Å²) in [7, 11) is 0. The third-order valence-electron chi connectivity index (χ3n) is 4.44. The molecule has 0 radical (unpaired) electrons. The molecule has 4 rings (SSSR count). The lowest BCUT2D eigenvalue weighted by molar-refractivity contribution is 0.343. The number of alkyl halides is 1. The molecule has 29 heavy (non-hydrogen) atoms. The molecule has 0 spiro atoms. The Morgan fingerprint density at radius 3 is 2.38 bits per heavy atom. The van der Waals surface area contributed by atoms with Crippen LogP contribution in [0, 0.1) is 0 Å². The van der Waals surface area contributed by atoms with Crippen molar-refractivity contribution in [3.05, 3.63) is 77.1 Å². The van der Waals surface area contributed by atoms with Gasteiger partial charge < -0.3 is 14.9 Å². The summed E-state index contributed by atoms with van der Waals surface area (Å²) < 4.78 is 6.97. The minimum Gasteiger partial charge on any atom is -0.508 e. The molecule has 0 amide bonds. The van der Waals surface area contributed by atoms with Crippen LogP contribution < -0.4 is 10.3 Å². The first kappa shape index (κ1) is 18.8. The molecule has 0 fully saturated rings. The predicted octanol–water partition coefficient (Wildman–Crippen LogP) is 4.08. The van der Waals surface area contributed by atoms with Gasteiger partial charge in [-0.2, -0.15) is 0 Å². The molecule has 0 aliphatic rings. The van der Waals surface area contributed by atoms with E-state index in [1.54, 1.807) is 48.5 Å². The van der Waals surface area contributed by atoms with Gasteiger partial charge in [0.15, 0.2) is 0 Å². The number of ether oxygens (including phenoxy) is 1. The van der Waals surface area contributed by atoms with E-state index in [9.17, 15) is 15.0 Å². The van der Waals surface area contributed by atoms with Gasteiger partial charge in [0.05, 0.1) is 17.0 Å². The number of nitrogens with zero attached hydrogens (tertiary/aromatic N) is 2. The summed E-state index contributed by atoms with van der Waals surface area (Å²) in [6.45, 7) is 0.385. The fourth-order valence-electron chi connectivity index (χ4n) is 3.09. The van der Waals surface area contributed by atoms with Crippen molar-refractivity contribution in [3.63, 3.8) is 0 Å². The molecule has 0 saturated heterocycles. The molecule has 0 aliphatic heterocycles. The van der Waals surface area contributed by atoms with Gasteiger partial charge in [0, 0.05) is 5.56 Å². The SMILES string of the molecule is O=c1c2cccc(O)c2nc(-c2ccc(O)cc2)n1-c1ccc(OCCCl)cc1. The summed E-state index contributed by atoms with van der Waals surface area (Å²) in [5.41, 5.74) is 1.11. The Morgan fingerprint density at radius 1 is 0.966 bits per heavy atom. The lowest BCUT2D eigenvalue weighted by atomic mass is 10.1. The quantitative estimate of drug-likeness (QED) is 0.486. The number of benzene rings is 3. The fraction of sp³-hybridized carbons (Fsp3) is 0.0909. The molecule has 0 aliphatic carbocycles. The molecule has 6 nitrogen and oxygen atoms in total. The van der Waals surface area contributed by atoms with E-state index in [2.05, 4.69) is 4.98 Å². The van der Waals surface area contributed by atoms with Crippen molar-refractivity contribution in [2.75, 3.05) is 12.5 Å². The lowest BCUT2D eigenvalue weighted by Crippen LogP contribution is -2.22. The first-order valence-corrected chi connectivity index (χ1v) is 9.45. The number of fused-ring (bicyclic) bond motifs is 1. The highest BCUT2D eigenvalue weighted by Crippen LogP contribution is 2.27. The highest BCUT2D eigenvalue weighted by Gasteiger charge is 2.16. The molecule has 0 saturated carbocycles. The van der Waals surface area contributed by atoms with Gasteiger partial charge in [0.25, 0.3) is 5.56 Å². The number of aromatic hydroxyl groups is 2. The van der Waals surface area contributed by atoms with Gasteiger partial charge in [-0.15, -0.1) is 11.6 Å². The van der Waals surface area contributed by atoms with Crippen molar-refractivity contribution in [2.45, 2.75) is 0 Å². The molecule has 0 bridgehead atoms. The van der Waals surface area contributed by atoms with Gasteiger partial charge >= 0.3 is 0 Å². The molecule has 146 valence electrons. The van der Waals surface area contributed by atoms with Crippen LogP contribution >= 0.6 is 11.6 Å². The number of aromatic nitrogens is 2. The molecule has 2 N–H and O–H groups in total. The van der Waals surface area contributed by atoms with E-state index in [0.29, 0.717) is 40.7 Å². The monoisotopic (exact) mass is 408 g/mol. The van der Waals surface area contributed by atoms with E-state index in [0.717, 1.165) is 0 Å². The smallest absolute Gasteiger partial charge is 0.266 e. The third kappa shape index (κ3) is 3.62. The Labute approximate surface area is 171 Å². The van der Waals surface area contributed by atoms with Crippen molar-refractivity contribution in [1.29, 1.82) is 0 Å². The molecular formula is C22H17ClN2O4. The Kier molecular flexibility index (Phi) is 5.10. The van der Waals surface area contributed by atoms with Crippen LogP contribution in [0.4, 0.5) is 0 Å². The van der Waals surface area contributed by atoms with Crippen LogP contribution in [0.15, 0.2) is 71.5 Å². The first-order chi connectivity index (χ1) is 14.1. The number of hydrogen-bond donors (Lipinski definition) is 2. The van der Waals surface area contributed by atoms with E-state index in [4.69, 9.17) is 16.3 Å². The Bertz CT molecular complexity index is 1220. The number of para-hydroxylation sites is 1. The topological polar surface area (TPSA) is 84.6 Å². The van der Waals surface area contributed by atoms with Crippen LogP contribution in [-0.4, -0.2) is 32.3 Å². The fourth-order valence-corrected chi connectivity index (χ4v) is 3.16. The minimum atomic E-state index is -0.316. The van der Waals surface area contributed by atoms with E-state index in [1.165, 1.54) is 22.8 Å². The molecule has 0 unspecified atom stereocenters. The Morgan fingerprint density at radius 2 is 1.69 bits per heavy atom. The van der Waals surface area contributed by atoms with E-state index >= 15 is 0 Å². The number of rotatable bonds is 5. The van der Waals surface area contributed by atoms with E-state index < -0.39 is 0 Å². The summed E-state index contributed by atoms with van der Waals surface area (Å²) in [6, 6.07) is 18.1. The first-order valence-electron chi connectivity index (χ1n) is 8.92. The van der Waals surface area contributed by atoms with Gasteiger partial charge in [-0.1, -0.05) is 6.07 Å². The van der Waals surface area contributed by atoms with Gasteiger partial charge in [-0.25, -0.2) is 4.98 Å². The Hall–Kier alpha value is -3.51. The molecule has 1 aromatic heterocycles. The highest BCUT2D eigenvalue weighted by atomic mass is 35.5. The predicted molar refractivity (Wildman–Crippen MR) is 112 cm³/mol. The van der Waals surface area contributed by atoms with Crippen LogP contribution in [0.3, 0.4) is 0 Å². The molecular weight excluding hydrogens is 392 g/mol. The zero-order valence-corrected chi connectivity index (χ0v) is 16.0. The van der Waals surface area contributed by atoms with Crippen LogP contribution in [-0.2, 0) is 0 Å². The number of phenols is 2. The average Bonchev–Trinajstić information content (AvgIpc) is 2.74. The molecule has 4 aromatic rings. The van der Waals surface area contributed by atoms with Crippen molar-refractivity contribution in [1.82, 2.24) is 9.55 Å². The van der Waals surface area contributed by atoms with Crippen molar-refractivity contribution < 1.29 is 14.9 Å².